The molecule has 1 saturated heterocycles. The third-order valence-corrected chi connectivity index (χ3v) is 7.10. The van der Waals surface area contributed by atoms with Gasteiger partial charge < -0.3 is 9.88 Å². The van der Waals surface area contributed by atoms with Crippen LogP contribution >= 0.6 is 0 Å². The molecule has 3 heterocycles. The highest BCUT2D eigenvalue weighted by atomic mass is 32.2. The lowest BCUT2D eigenvalue weighted by molar-refractivity contribution is -0.142. The van der Waals surface area contributed by atoms with Gasteiger partial charge in [0.15, 0.2) is 22.5 Å². The standard InChI is InChI=1S/C20H18F5N5O2S/c1-29-10-16(27-11-29)33(31,32)30-8-13(12-5-3-2-4-6-12)15(9-30)28-19-18(22)17(20(23,24)25)14(21)7-26-19/h2-7,10-11,13,15H,8-9H2,1H3,(H,26,28)/t13-,15+/m1/s1. The third kappa shape index (κ3) is 4.42. The van der Waals surface area contributed by atoms with E-state index in [9.17, 15) is 30.4 Å². The average molecular weight is 487 g/mol. The van der Waals surface area contributed by atoms with Crippen LogP contribution in [0.3, 0.4) is 0 Å². The van der Waals surface area contributed by atoms with Gasteiger partial charge in [0.05, 0.1) is 12.5 Å². The van der Waals surface area contributed by atoms with Crippen molar-refractivity contribution < 1.29 is 30.4 Å². The quantitative estimate of drug-likeness (QED) is 0.559. The summed E-state index contributed by atoms with van der Waals surface area (Å²) in [5, 5.41) is 2.38. The van der Waals surface area contributed by atoms with Crippen LogP contribution in [-0.2, 0) is 23.2 Å². The number of rotatable bonds is 5. The number of alkyl halides is 3. The predicted octanol–water partition coefficient (Wildman–Crippen LogP) is 3.38. The molecule has 2 atom stereocenters. The molecule has 1 aliphatic rings. The molecule has 0 amide bonds. The van der Waals surface area contributed by atoms with Crippen LogP contribution in [0.4, 0.5) is 27.8 Å². The molecule has 0 unspecified atom stereocenters. The largest absolute Gasteiger partial charge is 0.422 e. The van der Waals surface area contributed by atoms with Crippen molar-refractivity contribution in [1.82, 2.24) is 18.8 Å². The lowest BCUT2D eigenvalue weighted by atomic mass is 9.94. The summed E-state index contributed by atoms with van der Waals surface area (Å²) in [4.78, 5) is 7.32. The molecule has 176 valence electrons. The molecule has 0 radical (unpaired) electrons. The van der Waals surface area contributed by atoms with E-state index in [2.05, 4.69) is 15.3 Å². The molecule has 4 rings (SSSR count). The first kappa shape index (κ1) is 23.1. The Morgan fingerprint density at radius 3 is 2.39 bits per heavy atom. The first-order chi connectivity index (χ1) is 15.5. The normalized spacial score (nSPS) is 19.7. The zero-order chi connectivity index (χ0) is 24.0. The van der Waals surface area contributed by atoms with Crippen molar-refractivity contribution in [3.8, 4) is 0 Å². The second-order valence-corrected chi connectivity index (χ2v) is 9.49. The maximum atomic E-state index is 14.6. The summed E-state index contributed by atoms with van der Waals surface area (Å²) in [7, 11) is -2.42. The minimum absolute atomic E-state index is 0.0322. The zero-order valence-corrected chi connectivity index (χ0v) is 17.9. The zero-order valence-electron chi connectivity index (χ0n) is 17.1. The van der Waals surface area contributed by atoms with E-state index in [1.165, 1.54) is 17.1 Å². The van der Waals surface area contributed by atoms with Crippen LogP contribution in [0.1, 0.15) is 17.0 Å². The van der Waals surface area contributed by atoms with E-state index < -0.39 is 51.2 Å². The van der Waals surface area contributed by atoms with E-state index in [4.69, 9.17) is 0 Å². The van der Waals surface area contributed by atoms with E-state index >= 15 is 0 Å². The van der Waals surface area contributed by atoms with Crippen molar-refractivity contribution in [3.63, 3.8) is 0 Å². The lowest BCUT2D eigenvalue weighted by Gasteiger charge is -2.22. The van der Waals surface area contributed by atoms with Gasteiger partial charge in [-0.2, -0.15) is 17.5 Å². The number of nitrogens with one attached hydrogen (secondary N) is 1. The van der Waals surface area contributed by atoms with Crippen LogP contribution in [0.25, 0.3) is 0 Å². The highest BCUT2D eigenvalue weighted by molar-refractivity contribution is 7.89. The van der Waals surface area contributed by atoms with E-state index in [-0.39, 0.29) is 24.3 Å². The van der Waals surface area contributed by atoms with Crippen molar-refractivity contribution in [2.45, 2.75) is 23.2 Å². The molecule has 1 N–H and O–H groups in total. The Hall–Kier alpha value is -3.06. The van der Waals surface area contributed by atoms with Crippen molar-refractivity contribution >= 4 is 15.8 Å². The molecule has 33 heavy (non-hydrogen) atoms. The number of halogens is 5. The molecule has 13 heteroatoms. The van der Waals surface area contributed by atoms with E-state index in [1.807, 2.05) is 0 Å². The number of aromatic nitrogens is 3. The summed E-state index contributed by atoms with van der Waals surface area (Å²) in [5.41, 5.74) is -1.38. The van der Waals surface area contributed by atoms with Gasteiger partial charge in [-0.3, -0.25) is 0 Å². The number of nitrogens with zero attached hydrogens (tertiary/aromatic N) is 4. The Bertz CT molecular complexity index is 1260. The number of sulfonamides is 1. The maximum absolute atomic E-state index is 14.6. The Morgan fingerprint density at radius 2 is 1.79 bits per heavy atom. The van der Waals surface area contributed by atoms with Crippen molar-refractivity contribution in [2.24, 2.45) is 7.05 Å². The summed E-state index contributed by atoms with van der Waals surface area (Å²) in [6.45, 7) is -0.228. The fraction of sp³-hybridized carbons (Fsp3) is 0.300. The molecule has 7 nitrogen and oxygen atoms in total. The van der Waals surface area contributed by atoms with Gasteiger partial charge in [-0.25, -0.2) is 27.2 Å². The van der Waals surface area contributed by atoms with E-state index in [1.54, 1.807) is 37.4 Å². The minimum Gasteiger partial charge on any atom is -0.363 e. The van der Waals surface area contributed by atoms with Crippen LogP contribution < -0.4 is 5.32 Å². The Labute approximate surface area is 185 Å². The summed E-state index contributed by atoms with van der Waals surface area (Å²) in [6, 6.07) is 7.80. The van der Waals surface area contributed by atoms with Gasteiger partial charge in [-0.05, 0) is 5.56 Å². The summed E-state index contributed by atoms with van der Waals surface area (Å²) < 4.78 is 96.3. The molecule has 3 aromatic rings. The van der Waals surface area contributed by atoms with Gasteiger partial charge in [0, 0.05) is 38.3 Å². The molecule has 0 aliphatic carbocycles. The van der Waals surface area contributed by atoms with Gasteiger partial charge in [-0.15, -0.1) is 0 Å². The number of hydrogen-bond donors (Lipinski definition) is 1. The molecule has 0 spiro atoms. The summed E-state index contributed by atoms with van der Waals surface area (Å²) >= 11 is 0. The molecule has 1 fully saturated rings. The van der Waals surface area contributed by atoms with Crippen molar-refractivity contribution in [2.75, 3.05) is 18.4 Å². The van der Waals surface area contributed by atoms with Gasteiger partial charge in [0.25, 0.3) is 10.0 Å². The van der Waals surface area contributed by atoms with E-state index in [0.29, 0.717) is 5.56 Å². The molecule has 1 aromatic carbocycles. The average Bonchev–Trinajstić information content (AvgIpc) is 3.37. The maximum Gasteiger partial charge on any atom is 0.422 e. The van der Waals surface area contributed by atoms with Crippen molar-refractivity contribution in [1.29, 1.82) is 0 Å². The highest BCUT2D eigenvalue weighted by Gasteiger charge is 2.43. The Balaban J connectivity index is 1.70. The third-order valence-electron chi connectivity index (χ3n) is 5.38. The summed E-state index contributed by atoms with van der Waals surface area (Å²) in [6.07, 6.45) is -2.34. The number of benzene rings is 1. The second kappa shape index (κ2) is 8.37. The number of aryl methyl sites for hydroxylation is 1. The molecule has 1 aliphatic heterocycles. The predicted molar refractivity (Wildman–Crippen MR) is 108 cm³/mol. The number of pyridine rings is 1. The first-order valence-electron chi connectivity index (χ1n) is 9.69. The van der Waals surface area contributed by atoms with Gasteiger partial charge in [0.2, 0.25) is 0 Å². The Morgan fingerprint density at radius 1 is 1.09 bits per heavy atom. The van der Waals surface area contributed by atoms with Crippen molar-refractivity contribution in [3.05, 3.63) is 71.8 Å². The molecule has 0 saturated carbocycles. The summed E-state index contributed by atoms with van der Waals surface area (Å²) in [5.74, 6) is -5.09. The SMILES string of the molecule is Cn1cnc(S(=O)(=O)N2C[C@H](Nc3ncc(F)c(C(F)(F)F)c3F)[C@@H](c3ccccc3)C2)c1. The van der Waals surface area contributed by atoms with Crippen LogP contribution in [0.15, 0.2) is 54.1 Å². The topological polar surface area (TPSA) is 80.1 Å². The first-order valence-corrected chi connectivity index (χ1v) is 11.1. The van der Waals surface area contributed by atoms with Crippen LogP contribution in [0.2, 0.25) is 0 Å². The molecule has 0 bridgehead atoms. The molecular weight excluding hydrogens is 469 g/mol. The fourth-order valence-electron chi connectivity index (χ4n) is 3.80. The fourth-order valence-corrected chi connectivity index (χ4v) is 5.26. The number of anilines is 1. The van der Waals surface area contributed by atoms with Gasteiger partial charge >= 0.3 is 6.18 Å². The molecule has 2 aromatic heterocycles. The number of hydrogen-bond acceptors (Lipinski definition) is 5. The Kier molecular flexibility index (Phi) is 5.86. The molecular formula is C20H18F5N5O2S. The lowest BCUT2D eigenvalue weighted by Crippen LogP contribution is -2.32. The van der Waals surface area contributed by atoms with E-state index in [0.717, 1.165) is 4.31 Å². The minimum atomic E-state index is -5.27. The smallest absolute Gasteiger partial charge is 0.363 e. The monoisotopic (exact) mass is 487 g/mol. The van der Waals surface area contributed by atoms with Gasteiger partial charge in [0.1, 0.15) is 5.56 Å². The van der Waals surface area contributed by atoms with Crippen LogP contribution in [0, 0.1) is 11.6 Å². The van der Waals surface area contributed by atoms with Gasteiger partial charge in [-0.1, -0.05) is 30.3 Å². The highest BCUT2D eigenvalue weighted by Crippen LogP contribution is 2.37. The number of imidazole rings is 1. The van der Waals surface area contributed by atoms with Crippen LogP contribution in [-0.4, -0.2) is 46.4 Å². The van der Waals surface area contributed by atoms with Crippen LogP contribution in [0.5, 0.6) is 0 Å². The second-order valence-electron chi connectivity index (χ2n) is 7.61.